The number of ether oxygens (including phenoxy) is 2. The fourth-order valence-electron chi connectivity index (χ4n) is 3.15. The van der Waals surface area contributed by atoms with Gasteiger partial charge in [0, 0.05) is 16.7 Å². The second-order valence-electron chi connectivity index (χ2n) is 6.47. The first-order chi connectivity index (χ1) is 14.9. The van der Waals surface area contributed by atoms with E-state index in [-0.39, 0.29) is 29.0 Å². The van der Waals surface area contributed by atoms with Crippen LogP contribution in [0.5, 0.6) is 11.5 Å². The number of aromatic nitrogens is 3. The topological polar surface area (TPSA) is 66.2 Å². The maximum absolute atomic E-state index is 14.7. The van der Waals surface area contributed by atoms with Crippen LogP contribution < -0.4 is 15.0 Å². The summed E-state index contributed by atoms with van der Waals surface area (Å²) in [7, 11) is 3.09. The minimum Gasteiger partial charge on any atom is -0.497 e. The molecule has 0 aliphatic heterocycles. The van der Waals surface area contributed by atoms with E-state index < -0.39 is 5.82 Å². The van der Waals surface area contributed by atoms with Gasteiger partial charge in [-0.1, -0.05) is 34.7 Å². The summed E-state index contributed by atoms with van der Waals surface area (Å²) in [6.07, 6.45) is 1.87. The van der Waals surface area contributed by atoms with Crippen LogP contribution in [0.4, 0.5) is 4.39 Å². The van der Waals surface area contributed by atoms with Crippen LogP contribution in [-0.2, 0) is 6.54 Å². The summed E-state index contributed by atoms with van der Waals surface area (Å²) in [5.74, 6) is 0.797. The van der Waals surface area contributed by atoms with Gasteiger partial charge in [0.1, 0.15) is 23.1 Å². The van der Waals surface area contributed by atoms with Crippen molar-refractivity contribution in [2.24, 2.45) is 0 Å². The van der Waals surface area contributed by atoms with E-state index in [9.17, 15) is 9.18 Å². The van der Waals surface area contributed by atoms with Gasteiger partial charge in [0.15, 0.2) is 14.7 Å². The van der Waals surface area contributed by atoms with Gasteiger partial charge < -0.3 is 9.47 Å². The first-order valence-electron chi connectivity index (χ1n) is 9.06. The number of halogens is 2. The SMILES string of the molecule is COc1ccc(Cn2c(-c3cc(Cl)ccc3F)nc3sc(SC)nc3c2=O)c(OC)c1. The van der Waals surface area contributed by atoms with Gasteiger partial charge in [-0.05, 0) is 36.6 Å². The molecule has 0 fully saturated rings. The van der Waals surface area contributed by atoms with Crippen LogP contribution in [-0.4, -0.2) is 35.0 Å². The van der Waals surface area contributed by atoms with E-state index in [1.165, 1.54) is 53.0 Å². The predicted molar refractivity (Wildman–Crippen MR) is 123 cm³/mol. The van der Waals surface area contributed by atoms with Crippen molar-refractivity contribution in [2.45, 2.75) is 10.9 Å². The van der Waals surface area contributed by atoms with Gasteiger partial charge in [-0.15, -0.1) is 0 Å². The Balaban J connectivity index is 1.98. The summed E-state index contributed by atoms with van der Waals surface area (Å²) in [6.45, 7) is 0.0996. The highest BCUT2D eigenvalue weighted by Gasteiger charge is 2.20. The Bertz CT molecular complexity index is 1340. The van der Waals surface area contributed by atoms with E-state index in [1.54, 1.807) is 25.3 Å². The fraction of sp³-hybridized carbons (Fsp3) is 0.190. The van der Waals surface area contributed by atoms with Crippen molar-refractivity contribution in [3.63, 3.8) is 0 Å². The lowest BCUT2D eigenvalue weighted by molar-refractivity contribution is 0.390. The molecule has 0 N–H and O–H groups in total. The van der Waals surface area contributed by atoms with Crippen molar-refractivity contribution < 1.29 is 13.9 Å². The minimum absolute atomic E-state index is 0.0996. The van der Waals surface area contributed by atoms with Crippen molar-refractivity contribution in [2.75, 3.05) is 20.5 Å². The molecule has 0 amide bonds. The summed E-state index contributed by atoms with van der Waals surface area (Å²) in [5, 5.41) is 0.341. The summed E-state index contributed by atoms with van der Waals surface area (Å²) in [5.41, 5.74) is 0.718. The molecule has 0 unspecified atom stereocenters. The third kappa shape index (κ3) is 4.13. The second-order valence-corrected chi connectivity index (χ2v) is 8.93. The maximum Gasteiger partial charge on any atom is 0.281 e. The van der Waals surface area contributed by atoms with Crippen LogP contribution in [0.25, 0.3) is 21.7 Å². The van der Waals surface area contributed by atoms with Gasteiger partial charge in [0.05, 0.1) is 26.3 Å². The van der Waals surface area contributed by atoms with Crippen LogP contribution in [0.2, 0.25) is 5.02 Å². The Morgan fingerprint density at radius 2 is 1.97 bits per heavy atom. The Hall–Kier alpha value is -2.62. The largest absolute Gasteiger partial charge is 0.497 e. The Kier molecular flexibility index (Phi) is 6.17. The first-order valence-corrected chi connectivity index (χ1v) is 11.5. The molecule has 2 heterocycles. The number of rotatable bonds is 6. The molecule has 0 radical (unpaired) electrons. The third-order valence-corrected chi connectivity index (χ3v) is 6.84. The summed E-state index contributed by atoms with van der Waals surface area (Å²) >= 11 is 8.83. The van der Waals surface area contributed by atoms with Crippen molar-refractivity contribution in [1.29, 1.82) is 0 Å². The first kappa shape index (κ1) is 21.6. The average Bonchev–Trinajstić information content (AvgIpc) is 3.21. The number of hydrogen-bond donors (Lipinski definition) is 0. The van der Waals surface area contributed by atoms with Gasteiger partial charge in [-0.25, -0.2) is 14.4 Å². The van der Waals surface area contributed by atoms with Crippen LogP contribution in [0.15, 0.2) is 45.5 Å². The number of methoxy groups -OCH3 is 2. The zero-order chi connectivity index (χ0) is 22.1. The zero-order valence-corrected chi connectivity index (χ0v) is 19.2. The van der Waals surface area contributed by atoms with E-state index >= 15 is 0 Å². The Morgan fingerprint density at radius 3 is 2.68 bits per heavy atom. The number of thioether (sulfide) groups is 1. The number of fused-ring (bicyclic) bond motifs is 1. The van der Waals surface area contributed by atoms with E-state index in [4.69, 9.17) is 21.1 Å². The lowest BCUT2D eigenvalue weighted by atomic mass is 10.1. The van der Waals surface area contributed by atoms with E-state index in [2.05, 4.69) is 9.97 Å². The third-order valence-electron chi connectivity index (χ3n) is 4.67. The standard InChI is InChI=1S/C21H17ClFN3O3S2/c1-28-13-6-4-11(16(9-13)29-2)10-26-18(14-8-12(22)5-7-15(14)23)25-19-17(20(26)27)24-21(30-3)31-19/h4-9H,10H2,1-3H3. The molecular weight excluding hydrogens is 461 g/mol. The lowest BCUT2D eigenvalue weighted by Gasteiger charge is -2.15. The quantitative estimate of drug-likeness (QED) is 0.360. The van der Waals surface area contributed by atoms with Crippen molar-refractivity contribution in [3.05, 3.63) is 63.2 Å². The van der Waals surface area contributed by atoms with Crippen molar-refractivity contribution in [1.82, 2.24) is 14.5 Å². The number of benzene rings is 2. The van der Waals surface area contributed by atoms with Gasteiger partial charge in [0.25, 0.3) is 5.56 Å². The molecule has 2 aromatic heterocycles. The summed E-state index contributed by atoms with van der Waals surface area (Å²) < 4.78 is 27.6. The van der Waals surface area contributed by atoms with Crippen LogP contribution in [0.1, 0.15) is 5.56 Å². The summed E-state index contributed by atoms with van der Waals surface area (Å²) in [6, 6.07) is 9.45. The molecule has 2 aromatic carbocycles. The molecular formula is C21H17ClFN3O3S2. The monoisotopic (exact) mass is 477 g/mol. The number of hydrogen-bond acceptors (Lipinski definition) is 7. The normalized spacial score (nSPS) is 11.1. The molecule has 6 nitrogen and oxygen atoms in total. The summed E-state index contributed by atoms with van der Waals surface area (Å²) in [4.78, 5) is 22.9. The smallest absolute Gasteiger partial charge is 0.281 e. The molecule has 4 rings (SSSR count). The predicted octanol–water partition coefficient (Wildman–Crippen LogP) is 5.10. The van der Waals surface area contributed by atoms with E-state index in [0.29, 0.717) is 31.3 Å². The van der Waals surface area contributed by atoms with Crippen LogP contribution >= 0.6 is 34.7 Å². The maximum atomic E-state index is 14.7. The molecule has 0 aliphatic rings. The Morgan fingerprint density at radius 1 is 1.16 bits per heavy atom. The molecule has 10 heteroatoms. The highest BCUT2D eigenvalue weighted by molar-refractivity contribution is 8.00. The molecule has 4 aromatic rings. The van der Waals surface area contributed by atoms with Gasteiger partial charge in [0.2, 0.25) is 0 Å². The molecule has 31 heavy (non-hydrogen) atoms. The molecule has 0 aliphatic carbocycles. The van der Waals surface area contributed by atoms with Gasteiger partial charge >= 0.3 is 0 Å². The van der Waals surface area contributed by atoms with Crippen LogP contribution in [0.3, 0.4) is 0 Å². The average molecular weight is 478 g/mol. The highest BCUT2D eigenvalue weighted by atomic mass is 35.5. The van der Waals surface area contributed by atoms with E-state index in [1.807, 2.05) is 6.26 Å². The molecule has 160 valence electrons. The number of nitrogens with zero attached hydrogens (tertiary/aromatic N) is 3. The van der Waals surface area contributed by atoms with Crippen molar-refractivity contribution >= 4 is 45.0 Å². The molecule has 0 atom stereocenters. The molecule has 0 spiro atoms. The highest BCUT2D eigenvalue weighted by Crippen LogP contribution is 2.31. The Labute approximate surface area is 190 Å². The molecule has 0 saturated carbocycles. The second kappa shape index (κ2) is 8.86. The van der Waals surface area contributed by atoms with Gasteiger partial charge in [-0.3, -0.25) is 9.36 Å². The lowest BCUT2D eigenvalue weighted by Crippen LogP contribution is -2.24. The minimum atomic E-state index is -0.527. The zero-order valence-electron chi connectivity index (χ0n) is 16.8. The van der Waals surface area contributed by atoms with Crippen LogP contribution in [0, 0.1) is 5.82 Å². The van der Waals surface area contributed by atoms with Gasteiger partial charge in [-0.2, -0.15) is 0 Å². The number of thiazole rings is 1. The van der Waals surface area contributed by atoms with E-state index in [0.717, 1.165) is 0 Å². The molecule has 0 saturated heterocycles. The van der Waals surface area contributed by atoms with Crippen molar-refractivity contribution in [3.8, 4) is 22.9 Å². The fourth-order valence-corrected chi connectivity index (χ4v) is 4.74. The molecule has 0 bridgehead atoms.